The zero-order valence-corrected chi connectivity index (χ0v) is 20.1. The lowest BCUT2D eigenvalue weighted by atomic mass is 10.1. The van der Waals surface area contributed by atoms with Gasteiger partial charge < -0.3 is 4.74 Å². The quantitative estimate of drug-likeness (QED) is 0.329. The summed E-state index contributed by atoms with van der Waals surface area (Å²) < 4.78 is 6.74. The van der Waals surface area contributed by atoms with E-state index < -0.39 is 0 Å². The summed E-state index contributed by atoms with van der Waals surface area (Å²) in [7, 11) is 0. The van der Waals surface area contributed by atoms with Crippen LogP contribution < -0.4 is 9.64 Å². The first-order chi connectivity index (χ1) is 14.4. The molecule has 0 saturated carbocycles. The average molecular weight is 544 g/mol. The molecule has 1 fully saturated rings. The molecule has 0 bridgehead atoms. The Morgan fingerprint density at radius 1 is 1.00 bits per heavy atom. The Labute approximate surface area is 202 Å². The van der Waals surface area contributed by atoms with E-state index in [1.807, 2.05) is 36.4 Å². The molecule has 3 aromatic rings. The van der Waals surface area contributed by atoms with Gasteiger partial charge in [0.15, 0.2) is 0 Å². The molecule has 0 spiro atoms. The zero-order valence-electron chi connectivity index (χ0n) is 15.4. The predicted molar refractivity (Wildman–Crippen MR) is 129 cm³/mol. The van der Waals surface area contributed by atoms with Gasteiger partial charge in [0.05, 0.1) is 10.2 Å². The molecule has 0 aromatic heterocycles. The lowest BCUT2D eigenvalue weighted by molar-refractivity contribution is -0.115. The van der Waals surface area contributed by atoms with Gasteiger partial charge in [-0.15, -0.1) is 11.8 Å². The Morgan fingerprint density at radius 3 is 2.43 bits per heavy atom. The fourth-order valence-corrected chi connectivity index (χ4v) is 5.40. The zero-order chi connectivity index (χ0) is 21.3. The van der Waals surface area contributed by atoms with Crippen molar-refractivity contribution in [3.8, 4) is 5.75 Å². The Kier molecular flexibility index (Phi) is 6.85. The minimum atomic E-state index is -0.116. The first-order valence-electron chi connectivity index (χ1n) is 8.98. The summed E-state index contributed by atoms with van der Waals surface area (Å²) in [5, 5.41) is 1.67. The van der Waals surface area contributed by atoms with Crippen LogP contribution in [0.4, 0.5) is 5.69 Å². The van der Waals surface area contributed by atoms with Crippen LogP contribution in [0, 0.1) is 0 Å². The minimum Gasteiger partial charge on any atom is -0.488 e. The monoisotopic (exact) mass is 541 g/mol. The second-order valence-corrected chi connectivity index (χ2v) is 9.82. The second-order valence-electron chi connectivity index (χ2n) is 6.62. The molecule has 0 N–H and O–H groups in total. The molecule has 0 unspecified atom stereocenters. The molecule has 3 aromatic carbocycles. The molecule has 1 aliphatic heterocycles. The number of anilines is 1. The van der Waals surface area contributed by atoms with Gasteiger partial charge in [-0.25, -0.2) is 0 Å². The van der Waals surface area contributed by atoms with Gasteiger partial charge in [-0.05, 0) is 70.0 Å². The number of ether oxygens (including phenoxy) is 1. The van der Waals surface area contributed by atoms with E-state index in [9.17, 15) is 4.79 Å². The third kappa shape index (κ3) is 4.76. The second kappa shape index (κ2) is 9.41. The van der Waals surface area contributed by atoms with Crippen molar-refractivity contribution >= 4 is 74.1 Å². The number of hydrogen-bond donors (Lipinski definition) is 0. The molecule has 0 radical (unpaired) electrons. The van der Waals surface area contributed by atoms with Gasteiger partial charge in [-0.2, -0.15) is 0 Å². The first-order valence-corrected chi connectivity index (χ1v) is 12.0. The smallest absolute Gasteiger partial charge is 0.238 e. The van der Waals surface area contributed by atoms with E-state index >= 15 is 0 Å². The lowest BCUT2D eigenvalue weighted by Crippen LogP contribution is -2.27. The molecular formula is C22H15BrCl3NO2S. The van der Waals surface area contributed by atoms with E-state index in [1.165, 1.54) is 0 Å². The molecule has 1 heterocycles. The number of rotatable bonds is 5. The van der Waals surface area contributed by atoms with Crippen molar-refractivity contribution < 1.29 is 9.53 Å². The highest BCUT2D eigenvalue weighted by Crippen LogP contribution is 2.43. The van der Waals surface area contributed by atoms with E-state index in [2.05, 4.69) is 15.9 Å². The molecule has 1 amide bonds. The van der Waals surface area contributed by atoms with E-state index in [1.54, 1.807) is 40.9 Å². The van der Waals surface area contributed by atoms with Crippen molar-refractivity contribution in [2.24, 2.45) is 0 Å². The Morgan fingerprint density at radius 2 is 1.73 bits per heavy atom. The van der Waals surface area contributed by atoms with Crippen LogP contribution in [0.2, 0.25) is 15.1 Å². The highest BCUT2D eigenvalue weighted by atomic mass is 79.9. The van der Waals surface area contributed by atoms with Crippen molar-refractivity contribution in [1.82, 2.24) is 0 Å². The summed E-state index contributed by atoms with van der Waals surface area (Å²) in [6, 6.07) is 18.5. The molecule has 30 heavy (non-hydrogen) atoms. The lowest BCUT2D eigenvalue weighted by Gasteiger charge is -2.25. The third-order valence-corrected chi connectivity index (χ3v) is 7.28. The maximum absolute atomic E-state index is 12.5. The minimum absolute atomic E-state index is 0.0705. The largest absolute Gasteiger partial charge is 0.488 e. The standard InChI is InChI=1S/C22H15BrCl3NO2S/c23-18-9-13(2-8-20(18)29-11-14-1-3-16(25)10-19(14)26)22-27(21(28)12-30-22)17-6-4-15(24)5-7-17/h1-10,22H,11-12H2/t22-/m1/s1. The molecule has 3 nitrogen and oxygen atoms in total. The first kappa shape index (κ1) is 21.8. The van der Waals surface area contributed by atoms with Gasteiger partial charge in [0.1, 0.15) is 17.7 Å². The summed E-state index contributed by atoms with van der Waals surface area (Å²) in [5.74, 6) is 1.19. The number of carbonyl (C=O) groups is 1. The molecule has 8 heteroatoms. The van der Waals surface area contributed by atoms with Crippen LogP contribution in [-0.4, -0.2) is 11.7 Å². The summed E-state index contributed by atoms with van der Waals surface area (Å²) in [6.45, 7) is 0.321. The van der Waals surface area contributed by atoms with Crippen molar-refractivity contribution in [2.45, 2.75) is 12.0 Å². The SMILES string of the molecule is O=C1CS[C@H](c2ccc(OCc3ccc(Cl)cc3Cl)c(Br)c2)N1c1ccc(Cl)cc1. The third-order valence-electron chi connectivity index (χ3n) is 4.61. The average Bonchev–Trinajstić information content (AvgIpc) is 3.10. The Balaban J connectivity index is 1.53. The summed E-state index contributed by atoms with van der Waals surface area (Å²) in [4.78, 5) is 14.3. The van der Waals surface area contributed by atoms with Crippen LogP contribution in [0.15, 0.2) is 65.1 Å². The molecule has 1 atom stereocenters. The van der Waals surface area contributed by atoms with E-state index in [0.29, 0.717) is 33.2 Å². The van der Waals surface area contributed by atoms with Gasteiger partial charge in [0.2, 0.25) is 5.91 Å². The molecular weight excluding hydrogens is 529 g/mol. The van der Waals surface area contributed by atoms with Crippen LogP contribution in [0.1, 0.15) is 16.5 Å². The Hall–Kier alpha value is -1.37. The highest BCUT2D eigenvalue weighted by Gasteiger charge is 2.34. The van der Waals surface area contributed by atoms with Crippen LogP contribution in [-0.2, 0) is 11.4 Å². The maximum atomic E-state index is 12.5. The van der Waals surface area contributed by atoms with Gasteiger partial charge in [0.25, 0.3) is 0 Å². The number of halogens is 4. The van der Waals surface area contributed by atoms with Crippen LogP contribution in [0.25, 0.3) is 0 Å². The van der Waals surface area contributed by atoms with Crippen molar-refractivity contribution in [1.29, 1.82) is 0 Å². The topological polar surface area (TPSA) is 29.5 Å². The highest BCUT2D eigenvalue weighted by molar-refractivity contribution is 9.10. The Bertz CT molecular complexity index is 1090. The molecule has 1 aliphatic rings. The van der Waals surface area contributed by atoms with Crippen LogP contribution in [0.3, 0.4) is 0 Å². The van der Waals surface area contributed by atoms with Crippen molar-refractivity contribution in [2.75, 3.05) is 10.7 Å². The number of nitrogens with zero attached hydrogens (tertiary/aromatic N) is 1. The van der Waals surface area contributed by atoms with E-state index in [-0.39, 0.29) is 11.3 Å². The normalized spacial score (nSPS) is 16.2. The van der Waals surface area contributed by atoms with Crippen molar-refractivity contribution in [3.05, 3.63) is 91.3 Å². The number of benzene rings is 3. The van der Waals surface area contributed by atoms with Crippen LogP contribution >= 0.6 is 62.5 Å². The molecule has 4 rings (SSSR count). The number of carbonyl (C=O) groups excluding carboxylic acids is 1. The fourth-order valence-electron chi connectivity index (χ4n) is 3.13. The summed E-state index contributed by atoms with van der Waals surface area (Å²) in [6.07, 6.45) is 0. The van der Waals surface area contributed by atoms with E-state index in [4.69, 9.17) is 39.5 Å². The number of hydrogen-bond acceptors (Lipinski definition) is 3. The predicted octanol–water partition coefficient (Wildman–Crippen LogP) is 7.77. The van der Waals surface area contributed by atoms with Gasteiger partial charge in [-0.1, -0.05) is 46.9 Å². The molecule has 154 valence electrons. The van der Waals surface area contributed by atoms with Gasteiger partial charge in [0, 0.05) is 26.3 Å². The van der Waals surface area contributed by atoms with Gasteiger partial charge in [-0.3, -0.25) is 9.69 Å². The maximum Gasteiger partial charge on any atom is 0.238 e. The van der Waals surface area contributed by atoms with E-state index in [0.717, 1.165) is 21.3 Å². The van der Waals surface area contributed by atoms with Crippen molar-refractivity contribution in [3.63, 3.8) is 0 Å². The summed E-state index contributed by atoms with van der Waals surface area (Å²) in [5.41, 5.74) is 2.68. The molecule has 0 aliphatic carbocycles. The van der Waals surface area contributed by atoms with Gasteiger partial charge >= 0.3 is 0 Å². The van der Waals surface area contributed by atoms with Crippen LogP contribution in [0.5, 0.6) is 5.75 Å². The fraction of sp³-hybridized carbons (Fsp3) is 0.136. The molecule has 1 saturated heterocycles. The number of thioether (sulfide) groups is 1. The number of amides is 1. The summed E-state index contributed by atoms with van der Waals surface area (Å²) >= 11 is 23.3.